The van der Waals surface area contributed by atoms with Crippen molar-refractivity contribution >= 4 is 11.6 Å². The maximum atomic E-state index is 12.6. The summed E-state index contributed by atoms with van der Waals surface area (Å²) in [5.74, 6) is 2.19. The first-order valence-electron chi connectivity index (χ1n) is 7.80. The number of pyridine rings is 1. The van der Waals surface area contributed by atoms with E-state index in [2.05, 4.69) is 4.98 Å². The smallest absolute Gasteiger partial charge is 0.227 e. The van der Waals surface area contributed by atoms with Crippen LogP contribution in [0.25, 0.3) is 0 Å². The molecule has 1 aromatic carbocycles. The maximum absolute atomic E-state index is 12.6. The van der Waals surface area contributed by atoms with Crippen molar-refractivity contribution < 1.29 is 19.0 Å². The fraction of sp³-hybridized carbons (Fsp3) is 0.333. The van der Waals surface area contributed by atoms with Crippen LogP contribution in [-0.4, -0.2) is 38.3 Å². The third-order valence-electron chi connectivity index (χ3n) is 3.96. The highest BCUT2D eigenvalue weighted by Gasteiger charge is 2.23. The van der Waals surface area contributed by atoms with Gasteiger partial charge in [0, 0.05) is 24.8 Å². The average Bonchev–Trinajstić information content (AvgIpc) is 2.65. The van der Waals surface area contributed by atoms with Crippen LogP contribution >= 0.6 is 0 Å². The Kier molecular flexibility index (Phi) is 4.84. The third-order valence-corrected chi connectivity index (χ3v) is 3.96. The number of rotatable bonds is 5. The van der Waals surface area contributed by atoms with Gasteiger partial charge in [0.1, 0.15) is 29.5 Å². The predicted octanol–water partition coefficient (Wildman–Crippen LogP) is 2.46. The second-order valence-corrected chi connectivity index (χ2v) is 5.46. The molecule has 0 atom stereocenters. The van der Waals surface area contributed by atoms with Gasteiger partial charge in [0.2, 0.25) is 5.91 Å². The van der Waals surface area contributed by atoms with E-state index in [1.165, 1.54) is 0 Å². The van der Waals surface area contributed by atoms with E-state index < -0.39 is 0 Å². The number of benzene rings is 1. The molecule has 0 fully saturated rings. The second kappa shape index (κ2) is 7.21. The average molecular weight is 328 g/mol. The van der Waals surface area contributed by atoms with E-state index in [1.807, 2.05) is 18.2 Å². The molecule has 1 aliphatic rings. The third kappa shape index (κ3) is 3.42. The molecule has 2 heterocycles. The highest BCUT2D eigenvalue weighted by molar-refractivity contribution is 5.95. The first-order valence-corrected chi connectivity index (χ1v) is 7.80. The second-order valence-electron chi connectivity index (χ2n) is 5.46. The van der Waals surface area contributed by atoms with Crippen molar-refractivity contribution in [1.29, 1.82) is 0 Å². The molecule has 0 saturated carbocycles. The lowest BCUT2D eigenvalue weighted by atomic mass is 10.1. The van der Waals surface area contributed by atoms with Gasteiger partial charge in [0.05, 0.1) is 27.0 Å². The van der Waals surface area contributed by atoms with Gasteiger partial charge < -0.3 is 19.1 Å². The van der Waals surface area contributed by atoms with Crippen molar-refractivity contribution in [2.75, 3.05) is 32.3 Å². The topological polar surface area (TPSA) is 60.9 Å². The van der Waals surface area contributed by atoms with Crippen molar-refractivity contribution in [3.8, 4) is 17.2 Å². The number of aryl methyl sites for hydroxylation is 1. The van der Waals surface area contributed by atoms with E-state index in [0.717, 1.165) is 22.7 Å². The van der Waals surface area contributed by atoms with Crippen LogP contribution in [0.5, 0.6) is 17.2 Å². The molecule has 0 radical (unpaired) electrons. The van der Waals surface area contributed by atoms with Gasteiger partial charge in [0.15, 0.2) is 0 Å². The highest BCUT2D eigenvalue weighted by atomic mass is 16.5. The van der Waals surface area contributed by atoms with Gasteiger partial charge in [-0.25, -0.2) is 0 Å². The van der Waals surface area contributed by atoms with Gasteiger partial charge in [0.25, 0.3) is 0 Å². The molecular formula is C18H20N2O4. The SMILES string of the molecule is COc1cc(CCC(=O)N2CCOc3ccncc32)cc(OC)c1. The summed E-state index contributed by atoms with van der Waals surface area (Å²) in [6.45, 7) is 1.04. The number of fused-ring (bicyclic) bond motifs is 1. The molecule has 24 heavy (non-hydrogen) atoms. The molecule has 0 aliphatic carbocycles. The Hall–Kier alpha value is -2.76. The Bertz CT molecular complexity index is 710. The molecule has 0 spiro atoms. The lowest BCUT2D eigenvalue weighted by molar-refractivity contribution is -0.118. The number of anilines is 1. The molecule has 0 unspecified atom stereocenters. The van der Waals surface area contributed by atoms with Gasteiger partial charge in [-0.05, 0) is 24.1 Å². The number of amides is 1. The largest absolute Gasteiger partial charge is 0.497 e. The first-order chi connectivity index (χ1) is 11.7. The first kappa shape index (κ1) is 16.1. The van der Waals surface area contributed by atoms with E-state index in [9.17, 15) is 4.79 Å². The van der Waals surface area contributed by atoms with E-state index >= 15 is 0 Å². The lowest BCUT2D eigenvalue weighted by Crippen LogP contribution is -2.38. The van der Waals surface area contributed by atoms with E-state index in [1.54, 1.807) is 37.6 Å². The number of hydrogen-bond acceptors (Lipinski definition) is 5. The van der Waals surface area contributed by atoms with Gasteiger partial charge in [-0.2, -0.15) is 0 Å². The molecular weight excluding hydrogens is 308 g/mol. The maximum Gasteiger partial charge on any atom is 0.227 e. The van der Waals surface area contributed by atoms with Crippen molar-refractivity contribution in [2.45, 2.75) is 12.8 Å². The van der Waals surface area contributed by atoms with E-state index in [4.69, 9.17) is 14.2 Å². The number of ether oxygens (including phenoxy) is 3. The van der Waals surface area contributed by atoms with Crippen LogP contribution in [0.1, 0.15) is 12.0 Å². The Morgan fingerprint density at radius 1 is 1.25 bits per heavy atom. The van der Waals surface area contributed by atoms with Crippen molar-refractivity contribution in [1.82, 2.24) is 4.98 Å². The number of aromatic nitrogens is 1. The Morgan fingerprint density at radius 2 is 2.00 bits per heavy atom. The summed E-state index contributed by atoms with van der Waals surface area (Å²) in [6, 6.07) is 7.44. The summed E-state index contributed by atoms with van der Waals surface area (Å²) in [7, 11) is 3.22. The quantitative estimate of drug-likeness (QED) is 0.844. The molecule has 0 saturated heterocycles. The van der Waals surface area contributed by atoms with Gasteiger partial charge in [-0.3, -0.25) is 9.78 Å². The summed E-state index contributed by atoms with van der Waals surface area (Å²) in [4.78, 5) is 18.4. The summed E-state index contributed by atoms with van der Waals surface area (Å²) in [6.07, 6.45) is 4.33. The predicted molar refractivity (Wildman–Crippen MR) is 90.0 cm³/mol. The van der Waals surface area contributed by atoms with Crippen molar-refractivity contribution in [2.24, 2.45) is 0 Å². The zero-order valence-electron chi connectivity index (χ0n) is 13.8. The molecule has 1 aromatic heterocycles. The number of carbonyl (C=O) groups is 1. The standard InChI is InChI=1S/C18H20N2O4/c1-22-14-9-13(10-15(11-14)23-2)3-4-18(21)20-7-8-24-17-5-6-19-12-16(17)20/h5-6,9-12H,3-4,7-8H2,1-2H3. The zero-order chi connectivity index (χ0) is 16.9. The molecule has 2 aromatic rings. The number of hydrogen-bond donors (Lipinski definition) is 0. The molecule has 3 rings (SSSR count). The summed E-state index contributed by atoms with van der Waals surface area (Å²) in [5, 5.41) is 0. The monoisotopic (exact) mass is 328 g/mol. The van der Waals surface area contributed by atoms with Crippen molar-refractivity contribution in [3.63, 3.8) is 0 Å². The van der Waals surface area contributed by atoms with Gasteiger partial charge >= 0.3 is 0 Å². The highest BCUT2D eigenvalue weighted by Crippen LogP contribution is 2.31. The fourth-order valence-electron chi connectivity index (χ4n) is 2.72. The normalized spacial score (nSPS) is 13.0. The lowest BCUT2D eigenvalue weighted by Gasteiger charge is -2.29. The number of methoxy groups -OCH3 is 2. The molecule has 0 N–H and O–H groups in total. The van der Waals surface area contributed by atoms with Crippen LogP contribution in [0.3, 0.4) is 0 Å². The Morgan fingerprint density at radius 3 is 2.71 bits per heavy atom. The van der Waals surface area contributed by atoms with Crippen LogP contribution in [0.15, 0.2) is 36.7 Å². The Labute approximate surface area is 141 Å². The Balaban J connectivity index is 1.70. The van der Waals surface area contributed by atoms with Crippen LogP contribution < -0.4 is 19.1 Å². The number of carbonyl (C=O) groups excluding carboxylic acids is 1. The van der Waals surface area contributed by atoms with Gasteiger partial charge in [-0.15, -0.1) is 0 Å². The molecule has 1 aliphatic heterocycles. The molecule has 0 bridgehead atoms. The minimum absolute atomic E-state index is 0.0503. The fourth-order valence-corrected chi connectivity index (χ4v) is 2.72. The molecule has 6 nitrogen and oxygen atoms in total. The zero-order valence-corrected chi connectivity index (χ0v) is 13.8. The summed E-state index contributed by atoms with van der Waals surface area (Å²) in [5.41, 5.74) is 1.73. The minimum atomic E-state index is 0.0503. The minimum Gasteiger partial charge on any atom is -0.497 e. The van der Waals surface area contributed by atoms with Crippen LogP contribution in [0, 0.1) is 0 Å². The van der Waals surface area contributed by atoms with Crippen LogP contribution in [-0.2, 0) is 11.2 Å². The van der Waals surface area contributed by atoms with Gasteiger partial charge in [-0.1, -0.05) is 0 Å². The van der Waals surface area contributed by atoms with Crippen LogP contribution in [0.4, 0.5) is 5.69 Å². The number of nitrogens with zero attached hydrogens (tertiary/aromatic N) is 2. The molecule has 6 heteroatoms. The van der Waals surface area contributed by atoms with Crippen molar-refractivity contribution in [3.05, 3.63) is 42.2 Å². The molecule has 1 amide bonds. The van der Waals surface area contributed by atoms with E-state index in [-0.39, 0.29) is 5.91 Å². The summed E-state index contributed by atoms with van der Waals surface area (Å²) < 4.78 is 16.1. The molecule has 126 valence electrons. The van der Waals surface area contributed by atoms with Crippen LogP contribution in [0.2, 0.25) is 0 Å². The summed E-state index contributed by atoms with van der Waals surface area (Å²) >= 11 is 0. The van der Waals surface area contributed by atoms with E-state index in [0.29, 0.717) is 31.7 Å².